The fraction of sp³-hybridized carbons (Fsp3) is 1.00. The molecule has 3 aliphatic rings. The van der Waals surface area contributed by atoms with E-state index >= 15 is 0 Å². The van der Waals surface area contributed by atoms with Crippen LogP contribution in [0.2, 0.25) is 0 Å². The van der Waals surface area contributed by atoms with Crippen molar-refractivity contribution in [3.8, 4) is 0 Å². The van der Waals surface area contributed by atoms with Crippen molar-refractivity contribution in [1.82, 2.24) is 0 Å². The van der Waals surface area contributed by atoms with E-state index in [1.807, 2.05) is 0 Å². The Bertz CT molecular complexity index is 853. The van der Waals surface area contributed by atoms with Crippen molar-refractivity contribution in [3.63, 3.8) is 0 Å². The van der Waals surface area contributed by atoms with Gasteiger partial charge in [0.05, 0.1) is 19.8 Å². The summed E-state index contributed by atoms with van der Waals surface area (Å²) in [6.07, 6.45) is -10.1. The van der Waals surface area contributed by atoms with E-state index in [2.05, 4.69) is 6.92 Å². The maximum atomic E-state index is 11.1. The number of unbranched alkanes of at least 4 members (excludes halogenated alkanes) is 11. The summed E-state index contributed by atoms with van der Waals surface area (Å²) in [6.45, 7) is 0.267. The Morgan fingerprint density at radius 2 is 0.854 bits per heavy atom. The molecule has 0 unspecified atom stereocenters. The van der Waals surface area contributed by atoms with Gasteiger partial charge in [0.15, 0.2) is 18.9 Å². The van der Waals surface area contributed by atoms with Crippen LogP contribution in [0, 0.1) is 0 Å². The Balaban J connectivity index is 1.49. The molecule has 0 saturated carbocycles. The van der Waals surface area contributed by atoms with Crippen LogP contribution in [0.1, 0.15) is 84.0 Å². The Morgan fingerprint density at radius 1 is 0.417 bits per heavy atom. The van der Waals surface area contributed by atoms with Crippen LogP contribution in [0.25, 0.3) is 0 Å². The molecule has 284 valence electrons. The molecule has 0 aromatic heterocycles. The van der Waals surface area contributed by atoms with E-state index < -0.39 is 112 Å². The highest BCUT2D eigenvalue weighted by atomic mass is 16.8. The van der Waals surface area contributed by atoms with Crippen LogP contribution in [0.4, 0.5) is 0 Å². The number of ether oxygens (including phenoxy) is 6. The van der Waals surface area contributed by atoms with Crippen LogP contribution in [0.15, 0.2) is 0 Å². The molecule has 0 bridgehead atoms. The SMILES string of the molecule is CCCCCCCCCCCCCCO[C@@H]1O[C@H](CO)[C@@H](O[C@@H]2O[C@H](CO)[C@@H](O)[C@H](O[C@@H]3O[C@H](CO)[C@@H](O)[C@H](O)[C@H]3O)[C@H]2O)[C@H](O)[C@H]1O. The van der Waals surface area contributed by atoms with Crippen molar-refractivity contribution in [3.05, 3.63) is 0 Å². The minimum Gasteiger partial charge on any atom is -0.394 e. The molecular formula is C32H60O16. The van der Waals surface area contributed by atoms with Crippen molar-refractivity contribution in [2.45, 2.75) is 176 Å². The molecule has 3 aliphatic heterocycles. The van der Waals surface area contributed by atoms with Crippen molar-refractivity contribution in [2.75, 3.05) is 26.4 Å². The van der Waals surface area contributed by atoms with Crippen molar-refractivity contribution in [2.24, 2.45) is 0 Å². The summed E-state index contributed by atoms with van der Waals surface area (Å²) in [4.78, 5) is 0. The van der Waals surface area contributed by atoms with Crippen LogP contribution in [-0.2, 0) is 28.4 Å². The topological polar surface area (TPSA) is 258 Å². The first-order valence-corrected chi connectivity index (χ1v) is 17.6. The average molecular weight is 701 g/mol. The molecule has 3 saturated heterocycles. The predicted octanol–water partition coefficient (Wildman–Crippen LogP) is -1.85. The quantitative estimate of drug-likeness (QED) is 0.0590. The second-order valence-electron chi connectivity index (χ2n) is 13.1. The van der Waals surface area contributed by atoms with Gasteiger partial charge in [-0.05, 0) is 6.42 Å². The van der Waals surface area contributed by atoms with Gasteiger partial charge in [0.2, 0.25) is 0 Å². The van der Waals surface area contributed by atoms with Gasteiger partial charge in [-0.2, -0.15) is 0 Å². The smallest absolute Gasteiger partial charge is 0.187 e. The zero-order valence-electron chi connectivity index (χ0n) is 27.9. The molecule has 0 aliphatic carbocycles. The minimum absolute atomic E-state index is 0.257. The van der Waals surface area contributed by atoms with Crippen molar-refractivity contribution in [1.29, 1.82) is 0 Å². The van der Waals surface area contributed by atoms with Gasteiger partial charge in [-0.3, -0.25) is 0 Å². The molecule has 16 nitrogen and oxygen atoms in total. The highest BCUT2D eigenvalue weighted by Gasteiger charge is 2.53. The zero-order valence-corrected chi connectivity index (χ0v) is 27.9. The predicted molar refractivity (Wildman–Crippen MR) is 166 cm³/mol. The monoisotopic (exact) mass is 700 g/mol. The third-order valence-corrected chi connectivity index (χ3v) is 9.35. The molecule has 3 heterocycles. The molecule has 0 aromatic rings. The molecule has 3 fully saturated rings. The van der Waals surface area contributed by atoms with E-state index in [1.54, 1.807) is 0 Å². The molecular weight excluding hydrogens is 640 g/mol. The Morgan fingerprint density at radius 3 is 1.40 bits per heavy atom. The third-order valence-electron chi connectivity index (χ3n) is 9.35. The lowest BCUT2D eigenvalue weighted by Gasteiger charge is -2.48. The standard InChI is InChI=1S/C32H60O16/c1-2-3-4-5-6-7-8-9-10-11-12-13-14-43-30-26(41)24(39)28(20(17-35)46-30)47-32-27(42)29(22(37)19(16-34)45-32)48-31-25(40)23(38)21(36)18(15-33)44-31/h18-42H,2-17H2,1H3/t18-,19-,20-,21-,22-,23+,24-,25-,26-,27-,28-,29+,30-,31+,32+/m1/s1. The molecule has 48 heavy (non-hydrogen) atoms. The number of hydrogen-bond donors (Lipinski definition) is 10. The van der Waals surface area contributed by atoms with Gasteiger partial charge in [-0.1, -0.05) is 77.6 Å². The third kappa shape index (κ3) is 11.4. The molecule has 10 N–H and O–H groups in total. The summed E-state index contributed by atoms with van der Waals surface area (Å²) in [7, 11) is 0. The van der Waals surface area contributed by atoms with E-state index in [0.717, 1.165) is 19.3 Å². The molecule has 0 spiro atoms. The van der Waals surface area contributed by atoms with Crippen LogP contribution >= 0.6 is 0 Å². The lowest BCUT2D eigenvalue weighted by molar-refractivity contribution is -0.380. The first kappa shape index (κ1) is 41.8. The van der Waals surface area contributed by atoms with Gasteiger partial charge in [-0.25, -0.2) is 0 Å². The van der Waals surface area contributed by atoms with Gasteiger partial charge < -0.3 is 79.5 Å². The summed E-state index contributed by atoms with van der Waals surface area (Å²) in [5.74, 6) is 0. The number of hydrogen-bond acceptors (Lipinski definition) is 16. The summed E-state index contributed by atoms with van der Waals surface area (Å²) in [6, 6.07) is 0. The van der Waals surface area contributed by atoms with Crippen LogP contribution in [0.5, 0.6) is 0 Å². The second-order valence-corrected chi connectivity index (χ2v) is 13.1. The van der Waals surface area contributed by atoms with Crippen LogP contribution in [0.3, 0.4) is 0 Å². The first-order chi connectivity index (χ1) is 23.1. The lowest BCUT2D eigenvalue weighted by atomic mass is 9.96. The van der Waals surface area contributed by atoms with Gasteiger partial charge in [0.25, 0.3) is 0 Å². The Hall–Kier alpha value is -0.640. The maximum Gasteiger partial charge on any atom is 0.187 e. The van der Waals surface area contributed by atoms with E-state index in [-0.39, 0.29) is 6.61 Å². The van der Waals surface area contributed by atoms with Gasteiger partial charge in [-0.15, -0.1) is 0 Å². The van der Waals surface area contributed by atoms with E-state index in [0.29, 0.717) is 6.42 Å². The summed E-state index contributed by atoms with van der Waals surface area (Å²) in [5.41, 5.74) is 0. The molecule has 15 atom stereocenters. The van der Waals surface area contributed by atoms with Gasteiger partial charge >= 0.3 is 0 Å². The van der Waals surface area contributed by atoms with Crippen molar-refractivity contribution < 1.29 is 79.5 Å². The molecule has 16 heteroatoms. The normalized spacial score (nSPS) is 40.7. The largest absolute Gasteiger partial charge is 0.394 e. The maximum absolute atomic E-state index is 11.1. The highest BCUT2D eigenvalue weighted by molar-refractivity contribution is 4.96. The van der Waals surface area contributed by atoms with E-state index in [9.17, 15) is 51.1 Å². The molecule has 0 aromatic carbocycles. The first-order valence-electron chi connectivity index (χ1n) is 17.6. The molecule has 0 amide bonds. The fourth-order valence-electron chi connectivity index (χ4n) is 6.32. The Labute approximate surface area is 282 Å². The molecule has 3 rings (SSSR count). The van der Waals surface area contributed by atoms with Gasteiger partial charge in [0.1, 0.15) is 73.2 Å². The second kappa shape index (κ2) is 21.7. The average Bonchev–Trinajstić information content (AvgIpc) is 3.08. The fourth-order valence-corrected chi connectivity index (χ4v) is 6.32. The summed E-state index contributed by atoms with van der Waals surface area (Å²) < 4.78 is 33.5. The van der Waals surface area contributed by atoms with Crippen LogP contribution < -0.4 is 0 Å². The lowest BCUT2D eigenvalue weighted by Crippen LogP contribution is -2.66. The molecule has 0 radical (unpaired) electrons. The van der Waals surface area contributed by atoms with E-state index in [1.165, 1.54) is 51.4 Å². The van der Waals surface area contributed by atoms with Gasteiger partial charge in [0, 0.05) is 6.61 Å². The summed E-state index contributed by atoms with van der Waals surface area (Å²) in [5, 5.41) is 103. The van der Waals surface area contributed by atoms with E-state index in [4.69, 9.17) is 28.4 Å². The van der Waals surface area contributed by atoms with Crippen molar-refractivity contribution >= 4 is 0 Å². The summed E-state index contributed by atoms with van der Waals surface area (Å²) >= 11 is 0. The highest BCUT2D eigenvalue weighted by Crippen LogP contribution is 2.32. The van der Waals surface area contributed by atoms with Crippen LogP contribution in [-0.4, -0.2) is 170 Å². The Kier molecular flexibility index (Phi) is 18.9. The number of aliphatic hydroxyl groups excluding tert-OH is 10. The zero-order chi connectivity index (χ0) is 35.2. The minimum atomic E-state index is -1.88. The number of aliphatic hydroxyl groups is 10. The number of rotatable bonds is 21.